The number of rotatable bonds is 10. The number of ether oxygens (including phenoxy) is 2. The molecule has 3 N–H and O–H groups in total. The van der Waals surface area contributed by atoms with Crippen LogP contribution in [0.5, 0.6) is 11.5 Å². The Bertz CT molecular complexity index is 1580. The number of methoxy groups -OCH3 is 1. The lowest BCUT2D eigenvalue weighted by Crippen LogP contribution is -2.48. The number of sulfone groups is 1. The molecule has 238 valence electrons. The predicted octanol–water partition coefficient (Wildman–Crippen LogP) is 4.40. The molecule has 10 nitrogen and oxygen atoms in total. The van der Waals surface area contributed by atoms with E-state index in [9.17, 15) is 40.4 Å². The maximum absolute atomic E-state index is 14.7. The van der Waals surface area contributed by atoms with Crippen molar-refractivity contribution in [3.8, 4) is 11.5 Å². The molecule has 0 radical (unpaired) electrons. The lowest BCUT2D eigenvalue weighted by Gasteiger charge is -2.32. The van der Waals surface area contributed by atoms with Crippen LogP contribution in [0.15, 0.2) is 41.3 Å². The first-order chi connectivity index (χ1) is 20.7. The van der Waals surface area contributed by atoms with E-state index >= 15 is 0 Å². The number of anilines is 1. The van der Waals surface area contributed by atoms with Crippen molar-refractivity contribution in [2.75, 3.05) is 19.0 Å². The molecule has 4 atom stereocenters. The quantitative estimate of drug-likeness (QED) is 0.323. The van der Waals surface area contributed by atoms with Crippen molar-refractivity contribution in [2.45, 2.75) is 48.5 Å². The van der Waals surface area contributed by atoms with E-state index < -0.39 is 61.7 Å². The number of carboxylic acids is 1. The molecule has 3 aliphatic carbocycles. The molecule has 5 rings (SSSR count). The number of carboxylic acid groups (broad SMARTS) is 1. The fourth-order valence-corrected chi connectivity index (χ4v) is 7.29. The number of carbonyl (C=O) groups is 3. The fourth-order valence-electron chi connectivity index (χ4n) is 6.48. The van der Waals surface area contributed by atoms with Crippen molar-refractivity contribution in [2.24, 2.45) is 29.6 Å². The summed E-state index contributed by atoms with van der Waals surface area (Å²) in [6.07, 6.45) is 2.85. The smallest absolute Gasteiger partial charge is 0.496 e. The van der Waals surface area contributed by atoms with Gasteiger partial charge < -0.3 is 25.2 Å². The summed E-state index contributed by atoms with van der Waals surface area (Å²) in [4.78, 5) is 36.9. The van der Waals surface area contributed by atoms with E-state index in [4.69, 9.17) is 14.6 Å². The molecule has 0 aromatic heterocycles. The number of fused-ring (bicyclic) bond motifs is 2. The second kappa shape index (κ2) is 11.9. The van der Waals surface area contributed by atoms with Gasteiger partial charge in [-0.3, -0.25) is 14.4 Å². The summed E-state index contributed by atoms with van der Waals surface area (Å²) in [5, 5.41) is 14.4. The third-order valence-corrected chi connectivity index (χ3v) is 10.3. The Morgan fingerprint density at radius 3 is 2.39 bits per heavy atom. The van der Waals surface area contributed by atoms with Crippen LogP contribution in [0, 0.1) is 35.4 Å². The van der Waals surface area contributed by atoms with E-state index in [1.165, 1.54) is 19.2 Å². The Morgan fingerprint density at radius 2 is 1.73 bits per heavy atom. The molecule has 0 spiro atoms. The van der Waals surface area contributed by atoms with Crippen LogP contribution >= 0.6 is 0 Å². The Balaban J connectivity index is 1.30. The Labute approximate surface area is 250 Å². The normalized spacial score (nSPS) is 26.0. The monoisotopic (exact) mass is 642 g/mol. The minimum absolute atomic E-state index is 0.0482. The van der Waals surface area contributed by atoms with Gasteiger partial charge in [-0.15, -0.1) is 0 Å². The molecule has 0 saturated heterocycles. The van der Waals surface area contributed by atoms with E-state index in [0.717, 1.165) is 30.7 Å². The van der Waals surface area contributed by atoms with E-state index in [0.29, 0.717) is 25.7 Å². The van der Waals surface area contributed by atoms with E-state index in [1.807, 2.05) is 0 Å². The highest BCUT2D eigenvalue weighted by Crippen LogP contribution is 2.49. The number of nitrogens with one attached hydrogen (secondary N) is 2. The standard InChI is InChI=1S/C29H30F4N2O8S/c1-42-22-12-21(30)23(43-13-14-7-17(8-14)28(38)39)11-20(22)26(36)35-25-16-6-5-15(9-16)24(25)27(37)34-18-3-2-4-19(10-18)44(40,41)29(31,32)33/h2-4,10-12,14-17,24-25H,5-9,13H2,1H3,(H,34,37)(H,35,36)(H,38,39). The van der Waals surface area contributed by atoms with Crippen molar-refractivity contribution in [3.63, 3.8) is 0 Å². The van der Waals surface area contributed by atoms with Gasteiger partial charge in [-0.25, -0.2) is 12.8 Å². The fraction of sp³-hybridized carbons (Fsp3) is 0.483. The molecule has 3 aliphatic rings. The van der Waals surface area contributed by atoms with Gasteiger partial charge in [0, 0.05) is 17.8 Å². The summed E-state index contributed by atoms with van der Waals surface area (Å²) in [6.45, 7) is 0.0637. The van der Waals surface area contributed by atoms with Crippen LogP contribution in [0.4, 0.5) is 23.2 Å². The van der Waals surface area contributed by atoms with E-state index in [2.05, 4.69) is 10.6 Å². The summed E-state index contributed by atoms with van der Waals surface area (Å²) in [6, 6.07) is 5.40. The first-order valence-corrected chi connectivity index (χ1v) is 15.4. The number of hydrogen-bond acceptors (Lipinski definition) is 7. The van der Waals surface area contributed by atoms with Gasteiger partial charge in [0.2, 0.25) is 5.91 Å². The Kier molecular flexibility index (Phi) is 8.53. The Morgan fingerprint density at radius 1 is 1.02 bits per heavy atom. The first kappa shape index (κ1) is 31.5. The van der Waals surface area contributed by atoms with Crippen LogP contribution in [0.3, 0.4) is 0 Å². The number of aliphatic carboxylic acids is 1. The molecule has 3 fully saturated rings. The zero-order valence-corrected chi connectivity index (χ0v) is 24.2. The van der Waals surface area contributed by atoms with Crippen molar-refractivity contribution in [1.29, 1.82) is 0 Å². The second-order valence-electron chi connectivity index (χ2n) is 11.5. The summed E-state index contributed by atoms with van der Waals surface area (Å²) in [7, 11) is -4.37. The molecular formula is C29H30F4N2O8S. The van der Waals surface area contributed by atoms with Crippen molar-refractivity contribution < 1.29 is 54.9 Å². The number of benzene rings is 2. The van der Waals surface area contributed by atoms with Gasteiger partial charge in [-0.2, -0.15) is 13.2 Å². The highest BCUT2D eigenvalue weighted by atomic mass is 32.2. The SMILES string of the molecule is COc1cc(F)c(OCC2CC(C(=O)O)C2)cc1C(=O)NC1C2CCC(C2)C1C(=O)Nc1cccc(S(=O)(=O)C(F)(F)F)c1. The summed E-state index contributed by atoms with van der Waals surface area (Å²) < 4.78 is 88.3. The summed E-state index contributed by atoms with van der Waals surface area (Å²) in [5.74, 6) is -4.70. The average Bonchev–Trinajstić information content (AvgIpc) is 3.54. The Hall–Kier alpha value is -3.88. The molecule has 0 heterocycles. The van der Waals surface area contributed by atoms with Gasteiger partial charge in [0.25, 0.3) is 15.7 Å². The minimum atomic E-state index is -5.63. The molecule has 2 aromatic carbocycles. The van der Waals surface area contributed by atoms with Gasteiger partial charge in [0.1, 0.15) is 5.75 Å². The van der Waals surface area contributed by atoms with Gasteiger partial charge >= 0.3 is 11.5 Å². The van der Waals surface area contributed by atoms with Crippen LogP contribution in [-0.4, -0.2) is 56.6 Å². The van der Waals surface area contributed by atoms with Crippen LogP contribution in [0.2, 0.25) is 0 Å². The van der Waals surface area contributed by atoms with E-state index in [-0.39, 0.29) is 47.1 Å². The molecule has 15 heteroatoms. The maximum Gasteiger partial charge on any atom is 0.501 e. The second-order valence-corrected chi connectivity index (χ2v) is 13.4. The first-order valence-electron chi connectivity index (χ1n) is 14.0. The molecule has 3 saturated carbocycles. The molecular weight excluding hydrogens is 612 g/mol. The largest absolute Gasteiger partial charge is 0.501 e. The highest BCUT2D eigenvalue weighted by molar-refractivity contribution is 7.92. The van der Waals surface area contributed by atoms with Crippen LogP contribution in [-0.2, 0) is 19.4 Å². The minimum Gasteiger partial charge on any atom is -0.496 e. The van der Waals surface area contributed by atoms with Crippen LogP contribution in [0.25, 0.3) is 0 Å². The molecule has 2 bridgehead atoms. The number of alkyl halides is 3. The van der Waals surface area contributed by atoms with Gasteiger partial charge in [0.05, 0.1) is 36.0 Å². The molecule has 0 aliphatic heterocycles. The lowest BCUT2D eigenvalue weighted by molar-refractivity contribution is -0.146. The molecule has 4 unspecified atom stereocenters. The summed E-state index contributed by atoms with van der Waals surface area (Å²) in [5.41, 5.74) is -5.70. The summed E-state index contributed by atoms with van der Waals surface area (Å²) >= 11 is 0. The lowest BCUT2D eigenvalue weighted by atomic mass is 9.75. The molecule has 2 amide bonds. The number of carbonyl (C=O) groups excluding carboxylic acids is 2. The maximum atomic E-state index is 14.7. The van der Waals surface area contributed by atoms with Gasteiger partial charge in [-0.1, -0.05) is 6.07 Å². The zero-order chi connectivity index (χ0) is 32.0. The number of halogens is 4. The third kappa shape index (κ3) is 6.06. The predicted molar refractivity (Wildman–Crippen MR) is 146 cm³/mol. The highest BCUT2D eigenvalue weighted by Gasteiger charge is 2.52. The van der Waals surface area contributed by atoms with Crippen molar-refractivity contribution in [1.82, 2.24) is 5.32 Å². The van der Waals surface area contributed by atoms with E-state index in [1.54, 1.807) is 0 Å². The van der Waals surface area contributed by atoms with Gasteiger partial charge in [0.15, 0.2) is 11.6 Å². The molecule has 44 heavy (non-hydrogen) atoms. The van der Waals surface area contributed by atoms with Crippen molar-refractivity contribution in [3.05, 3.63) is 47.8 Å². The van der Waals surface area contributed by atoms with Crippen LogP contribution < -0.4 is 20.1 Å². The third-order valence-electron chi connectivity index (χ3n) is 8.79. The zero-order valence-electron chi connectivity index (χ0n) is 23.4. The number of amides is 2. The number of hydrogen-bond donors (Lipinski definition) is 3. The van der Waals surface area contributed by atoms with Crippen LogP contribution in [0.1, 0.15) is 42.5 Å². The molecule has 2 aromatic rings. The van der Waals surface area contributed by atoms with Crippen molar-refractivity contribution >= 4 is 33.3 Å². The van der Waals surface area contributed by atoms with Gasteiger partial charge in [-0.05, 0) is 74.1 Å². The topological polar surface area (TPSA) is 148 Å². The average molecular weight is 643 g/mol.